The van der Waals surface area contributed by atoms with Crippen molar-refractivity contribution in [2.45, 2.75) is 43.8 Å². The second-order valence-electron chi connectivity index (χ2n) is 8.31. The van der Waals surface area contributed by atoms with E-state index in [1.165, 1.54) is 0 Å². The van der Waals surface area contributed by atoms with Crippen LogP contribution < -0.4 is 5.32 Å². The molecule has 26 heavy (non-hydrogen) atoms. The van der Waals surface area contributed by atoms with Crippen LogP contribution >= 0.6 is 0 Å². The largest absolute Gasteiger partial charge is 0.380 e. The zero-order chi connectivity index (χ0) is 17.7. The highest BCUT2D eigenvalue weighted by Crippen LogP contribution is 2.42. The van der Waals surface area contributed by atoms with Gasteiger partial charge in [0.25, 0.3) is 0 Å². The molecule has 5 rings (SSSR count). The summed E-state index contributed by atoms with van der Waals surface area (Å²) in [5.74, 6) is 0.164. The molecule has 0 unspecified atom stereocenters. The Hall–Kier alpha value is -2.08. The Morgan fingerprint density at radius 2 is 1.96 bits per heavy atom. The van der Waals surface area contributed by atoms with E-state index in [1.54, 1.807) is 0 Å². The van der Waals surface area contributed by atoms with Crippen molar-refractivity contribution >= 4 is 11.9 Å². The highest BCUT2D eigenvalue weighted by atomic mass is 16.5. The fourth-order valence-corrected chi connectivity index (χ4v) is 4.70. The Balaban J connectivity index is 1.33. The molecule has 6 nitrogen and oxygen atoms in total. The van der Waals surface area contributed by atoms with Crippen LogP contribution in [0.4, 0.5) is 4.79 Å². The number of nitrogens with one attached hydrogen (secondary N) is 1. The summed E-state index contributed by atoms with van der Waals surface area (Å²) in [7, 11) is 0. The number of carbonyl (C=O) groups excluding carboxylic acids is 2. The molecule has 1 aliphatic carbocycles. The monoisotopic (exact) mass is 355 g/mol. The van der Waals surface area contributed by atoms with E-state index in [-0.39, 0.29) is 29.4 Å². The Labute approximate surface area is 153 Å². The first-order valence-electron chi connectivity index (χ1n) is 9.65. The summed E-state index contributed by atoms with van der Waals surface area (Å²) in [5.41, 5.74) is 1.29. The van der Waals surface area contributed by atoms with Gasteiger partial charge < -0.3 is 19.9 Å². The van der Waals surface area contributed by atoms with Crippen LogP contribution in [0.15, 0.2) is 30.3 Å². The van der Waals surface area contributed by atoms with Crippen molar-refractivity contribution in [3.8, 4) is 0 Å². The number of ether oxygens (including phenoxy) is 1. The molecule has 1 N–H and O–H groups in total. The average Bonchev–Trinajstić information content (AvgIpc) is 3.24. The summed E-state index contributed by atoms with van der Waals surface area (Å²) in [6, 6.07) is 10.2. The van der Waals surface area contributed by atoms with E-state index in [9.17, 15) is 9.59 Å². The molecule has 0 aromatic heterocycles. The number of nitrogens with zero attached hydrogens (tertiary/aromatic N) is 2. The molecule has 0 radical (unpaired) electrons. The summed E-state index contributed by atoms with van der Waals surface area (Å²) >= 11 is 0. The molecule has 138 valence electrons. The highest BCUT2D eigenvalue weighted by molar-refractivity contribution is 5.83. The van der Waals surface area contributed by atoms with Gasteiger partial charge in [0, 0.05) is 31.0 Å². The smallest absolute Gasteiger partial charge is 0.317 e. The Morgan fingerprint density at radius 1 is 1.19 bits per heavy atom. The first kappa shape index (κ1) is 16.1. The van der Waals surface area contributed by atoms with Crippen LogP contribution in [-0.4, -0.2) is 60.1 Å². The molecule has 3 aliphatic heterocycles. The SMILES string of the molecule is O=C(N[C@@H]1CC(=O)N(C2CC2)[C@H]1c1ccccc1)N1CCC2(COC2)C1. The Kier molecular flexibility index (Phi) is 3.71. The minimum atomic E-state index is -0.160. The van der Waals surface area contributed by atoms with Crippen LogP contribution in [0.25, 0.3) is 0 Å². The van der Waals surface area contributed by atoms with Gasteiger partial charge >= 0.3 is 6.03 Å². The van der Waals surface area contributed by atoms with Gasteiger partial charge in [-0.25, -0.2) is 4.79 Å². The van der Waals surface area contributed by atoms with E-state index < -0.39 is 0 Å². The number of likely N-dealkylation sites (tertiary alicyclic amines) is 2. The van der Waals surface area contributed by atoms with E-state index in [1.807, 2.05) is 28.0 Å². The first-order chi connectivity index (χ1) is 12.7. The maximum atomic E-state index is 12.8. The molecule has 1 aromatic carbocycles. The predicted molar refractivity (Wildman–Crippen MR) is 95.4 cm³/mol. The van der Waals surface area contributed by atoms with Crippen LogP contribution in [0.2, 0.25) is 0 Å². The van der Waals surface area contributed by atoms with Gasteiger partial charge in [-0.05, 0) is 24.8 Å². The molecular weight excluding hydrogens is 330 g/mol. The van der Waals surface area contributed by atoms with Gasteiger partial charge in [0.2, 0.25) is 5.91 Å². The van der Waals surface area contributed by atoms with Crippen molar-refractivity contribution in [2.24, 2.45) is 5.41 Å². The maximum absolute atomic E-state index is 12.8. The van der Waals surface area contributed by atoms with E-state index in [2.05, 4.69) is 17.4 Å². The van der Waals surface area contributed by atoms with Crippen LogP contribution in [0.5, 0.6) is 0 Å². The quantitative estimate of drug-likeness (QED) is 0.901. The van der Waals surface area contributed by atoms with E-state index >= 15 is 0 Å². The lowest BCUT2D eigenvalue weighted by molar-refractivity contribution is -0.129. The van der Waals surface area contributed by atoms with Crippen molar-refractivity contribution in [3.63, 3.8) is 0 Å². The summed E-state index contributed by atoms with van der Waals surface area (Å²) < 4.78 is 5.35. The fourth-order valence-electron chi connectivity index (χ4n) is 4.70. The normalized spacial score (nSPS) is 29.9. The second kappa shape index (κ2) is 5.98. The van der Waals surface area contributed by atoms with Gasteiger partial charge in [-0.1, -0.05) is 30.3 Å². The maximum Gasteiger partial charge on any atom is 0.317 e. The van der Waals surface area contributed by atoms with Gasteiger partial charge in [-0.15, -0.1) is 0 Å². The van der Waals surface area contributed by atoms with Crippen molar-refractivity contribution in [2.75, 3.05) is 26.3 Å². The molecule has 4 aliphatic rings. The minimum absolute atomic E-state index is 0.0369. The first-order valence-corrected chi connectivity index (χ1v) is 9.65. The summed E-state index contributed by atoms with van der Waals surface area (Å²) in [4.78, 5) is 29.4. The van der Waals surface area contributed by atoms with Gasteiger partial charge in [-0.2, -0.15) is 0 Å². The number of urea groups is 1. The highest BCUT2D eigenvalue weighted by Gasteiger charge is 2.49. The molecule has 1 saturated carbocycles. The summed E-state index contributed by atoms with van der Waals surface area (Å²) in [6.07, 6.45) is 3.55. The summed E-state index contributed by atoms with van der Waals surface area (Å²) in [5, 5.41) is 3.18. The molecule has 6 heteroatoms. The van der Waals surface area contributed by atoms with Crippen molar-refractivity contribution < 1.29 is 14.3 Å². The van der Waals surface area contributed by atoms with Crippen LogP contribution in [0.1, 0.15) is 37.3 Å². The molecule has 2 atom stereocenters. The van der Waals surface area contributed by atoms with E-state index in [0.717, 1.165) is 51.1 Å². The number of amides is 3. The number of hydrogen-bond acceptors (Lipinski definition) is 3. The molecular formula is C20H25N3O3. The third kappa shape index (κ3) is 2.67. The van der Waals surface area contributed by atoms with Crippen molar-refractivity contribution in [1.29, 1.82) is 0 Å². The van der Waals surface area contributed by atoms with Gasteiger partial charge in [0.15, 0.2) is 0 Å². The zero-order valence-corrected chi connectivity index (χ0v) is 14.9. The van der Waals surface area contributed by atoms with E-state index in [4.69, 9.17) is 4.74 Å². The predicted octanol–water partition coefficient (Wildman–Crippen LogP) is 1.92. The third-order valence-electron chi connectivity index (χ3n) is 6.30. The zero-order valence-electron chi connectivity index (χ0n) is 14.9. The van der Waals surface area contributed by atoms with Crippen molar-refractivity contribution in [1.82, 2.24) is 15.1 Å². The van der Waals surface area contributed by atoms with Gasteiger partial charge in [0.1, 0.15) is 0 Å². The lowest BCUT2D eigenvalue weighted by atomic mass is 9.85. The van der Waals surface area contributed by atoms with Crippen molar-refractivity contribution in [3.05, 3.63) is 35.9 Å². The molecule has 1 spiro atoms. The number of rotatable bonds is 3. The lowest BCUT2D eigenvalue weighted by Gasteiger charge is -2.37. The number of benzene rings is 1. The molecule has 3 amide bonds. The molecule has 3 saturated heterocycles. The molecule has 3 heterocycles. The number of carbonyl (C=O) groups is 2. The molecule has 4 fully saturated rings. The molecule has 1 aromatic rings. The van der Waals surface area contributed by atoms with Crippen LogP contribution in [0.3, 0.4) is 0 Å². The number of hydrogen-bond donors (Lipinski definition) is 1. The minimum Gasteiger partial charge on any atom is -0.380 e. The van der Waals surface area contributed by atoms with Crippen LogP contribution in [0, 0.1) is 5.41 Å². The Bertz CT molecular complexity index is 714. The van der Waals surface area contributed by atoms with Gasteiger partial charge in [-0.3, -0.25) is 4.79 Å². The molecule has 0 bridgehead atoms. The fraction of sp³-hybridized carbons (Fsp3) is 0.600. The Morgan fingerprint density at radius 3 is 2.58 bits per heavy atom. The van der Waals surface area contributed by atoms with Gasteiger partial charge in [0.05, 0.1) is 25.3 Å². The second-order valence-corrected chi connectivity index (χ2v) is 8.31. The average molecular weight is 355 g/mol. The van der Waals surface area contributed by atoms with Crippen LogP contribution in [-0.2, 0) is 9.53 Å². The third-order valence-corrected chi connectivity index (χ3v) is 6.30. The topological polar surface area (TPSA) is 61.9 Å². The summed E-state index contributed by atoms with van der Waals surface area (Å²) in [6.45, 7) is 3.07. The lowest BCUT2D eigenvalue weighted by Crippen LogP contribution is -2.49. The van der Waals surface area contributed by atoms with E-state index in [0.29, 0.717) is 12.5 Å². The standard InChI is InChI=1S/C20H25N3O3/c24-17-10-16(21-19(25)22-9-8-20(11-22)12-26-13-20)18(23(17)15-6-7-15)14-4-2-1-3-5-14/h1-5,15-16,18H,6-13H2,(H,21,25)/t16-,18+/m1/s1.